The smallest absolute Gasteiger partial charge is 0.261 e. The number of thiophene rings is 2. The number of amides is 2. The van der Waals surface area contributed by atoms with E-state index in [-0.39, 0.29) is 28.7 Å². The van der Waals surface area contributed by atoms with Crippen LogP contribution in [0.25, 0.3) is 0 Å². The Morgan fingerprint density at radius 1 is 1.04 bits per heavy atom. The molecule has 2 heterocycles. The third-order valence-corrected chi connectivity index (χ3v) is 6.68. The van der Waals surface area contributed by atoms with Gasteiger partial charge in [-0.1, -0.05) is 32.9 Å². The van der Waals surface area contributed by atoms with Crippen LogP contribution in [0.1, 0.15) is 59.4 Å². The summed E-state index contributed by atoms with van der Waals surface area (Å²) in [5, 5.41) is 10.1. The van der Waals surface area contributed by atoms with Gasteiger partial charge < -0.3 is 10.6 Å². The van der Waals surface area contributed by atoms with Gasteiger partial charge in [0.2, 0.25) is 0 Å². The lowest BCUT2D eigenvalue weighted by atomic mass is 9.62. The molecule has 1 fully saturated rings. The number of hydrogen-bond donors (Lipinski definition) is 2. The highest BCUT2D eigenvalue weighted by Crippen LogP contribution is 2.45. The molecule has 0 aromatic carbocycles. The van der Waals surface area contributed by atoms with Gasteiger partial charge in [-0.15, -0.1) is 22.7 Å². The van der Waals surface area contributed by atoms with Gasteiger partial charge in [0.25, 0.3) is 11.8 Å². The molecule has 1 saturated carbocycles. The van der Waals surface area contributed by atoms with E-state index in [2.05, 4.69) is 31.4 Å². The van der Waals surface area contributed by atoms with Gasteiger partial charge in [0.15, 0.2) is 0 Å². The van der Waals surface area contributed by atoms with Crippen LogP contribution in [-0.4, -0.2) is 24.4 Å². The molecular formula is C20H26N2O2S2. The summed E-state index contributed by atoms with van der Waals surface area (Å²) >= 11 is 2.92. The Labute approximate surface area is 163 Å². The highest BCUT2D eigenvalue weighted by Gasteiger charge is 2.42. The summed E-state index contributed by atoms with van der Waals surface area (Å²) in [6, 6.07) is 7.61. The maximum atomic E-state index is 12.4. The van der Waals surface area contributed by atoms with Crippen molar-refractivity contribution < 1.29 is 9.59 Å². The minimum atomic E-state index is -0.0396. The summed E-state index contributed by atoms with van der Waals surface area (Å²) in [5.41, 5.74) is 0.0795. The zero-order valence-electron chi connectivity index (χ0n) is 15.5. The average Bonchev–Trinajstić information content (AvgIpc) is 3.23. The van der Waals surface area contributed by atoms with E-state index in [1.165, 1.54) is 22.7 Å². The second-order valence-electron chi connectivity index (χ2n) is 8.37. The lowest BCUT2D eigenvalue weighted by molar-refractivity contribution is 0.0594. The van der Waals surface area contributed by atoms with Crippen LogP contribution in [-0.2, 0) is 0 Å². The fraction of sp³-hybridized carbons (Fsp3) is 0.500. The van der Waals surface area contributed by atoms with Gasteiger partial charge in [-0.05, 0) is 53.0 Å². The van der Waals surface area contributed by atoms with Crippen molar-refractivity contribution in [1.82, 2.24) is 10.6 Å². The summed E-state index contributed by atoms with van der Waals surface area (Å²) < 4.78 is 0. The van der Waals surface area contributed by atoms with Crippen LogP contribution in [0.5, 0.6) is 0 Å². The van der Waals surface area contributed by atoms with Crippen molar-refractivity contribution in [3.63, 3.8) is 0 Å². The van der Waals surface area contributed by atoms with E-state index < -0.39 is 0 Å². The Bertz CT molecular complexity index is 753. The minimum absolute atomic E-state index is 0.00710. The molecule has 140 valence electrons. The van der Waals surface area contributed by atoms with Crippen LogP contribution in [0.3, 0.4) is 0 Å². The van der Waals surface area contributed by atoms with Crippen molar-refractivity contribution in [3.05, 3.63) is 44.8 Å². The van der Waals surface area contributed by atoms with Gasteiger partial charge in [-0.25, -0.2) is 0 Å². The number of nitrogens with one attached hydrogen (secondary N) is 2. The Morgan fingerprint density at radius 3 is 2.23 bits per heavy atom. The van der Waals surface area contributed by atoms with Crippen molar-refractivity contribution in [1.29, 1.82) is 0 Å². The Balaban J connectivity index is 1.64. The molecule has 0 bridgehead atoms. The molecule has 2 atom stereocenters. The topological polar surface area (TPSA) is 58.2 Å². The maximum absolute atomic E-state index is 12.4. The molecule has 0 spiro atoms. The SMILES string of the molecule is CC1(C)C[C@@H](NC(=O)c2cccs2)C[C@](C)(CNC(=O)c2cccs2)C1. The Hall–Kier alpha value is -1.66. The predicted octanol–water partition coefficient (Wildman–Crippen LogP) is 4.55. The third-order valence-electron chi connectivity index (χ3n) is 4.94. The molecule has 1 aliphatic rings. The lowest BCUT2D eigenvalue weighted by Crippen LogP contribution is -2.50. The monoisotopic (exact) mass is 390 g/mol. The zero-order valence-corrected chi connectivity index (χ0v) is 17.1. The van der Waals surface area contributed by atoms with Crippen molar-refractivity contribution in [2.45, 2.75) is 46.1 Å². The summed E-state index contributed by atoms with van der Waals surface area (Å²) in [6.07, 6.45) is 2.85. The van der Waals surface area contributed by atoms with Crippen molar-refractivity contribution in [3.8, 4) is 0 Å². The first-order valence-electron chi connectivity index (χ1n) is 8.93. The van der Waals surface area contributed by atoms with Crippen LogP contribution in [0.2, 0.25) is 0 Å². The molecule has 2 N–H and O–H groups in total. The number of carbonyl (C=O) groups excluding carboxylic acids is 2. The lowest BCUT2D eigenvalue weighted by Gasteiger charge is -2.47. The summed E-state index contributed by atoms with van der Waals surface area (Å²) in [4.78, 5) is 26.2. The quantitative estimate of drug-likeness (QED) is 0.786. The first-order chi connectivity index (χ1) is 12.3. The molecular weight excluding hydrogens is 364 g/mol. The molecule has 2 aromatic rings. The highest BCUT2D eigenvalue weighted by atomic mass is 32.1. The Kier molecular flexibility index (Phi) is 5.53. The van der Waals surface area contributed by atoms with Gasteiger partial charge in [0.05, 0.1) is 9.75 Å². The van der Waals surface area contributed by atoms with Gasteiger partial charge >= 0.3 is 0 Å². The largest absolute Gasteiger partial charge is 0.351 e. The molecule has 2 amide bonds. The first kappa shape index (κ1) is 19.1. The fourth-order valence-electron chi connectivity index (χ4n) is 4.32. The van der Waals surface area contributed by atoms with Crippen molar-refractivity contribution in [2.24, 2.45) is 10.8 Å². The van der Waals surface area contributed by atoms with Crippen molar-refractivity contribution >= 4 is 34.5 Å². The summed E-state index contributed by atoms with van der Waals surface area (Å²) in [7, 11) is 0. The zero-order chi connectivity index (χ0) is 18.8. The minimum Gasteiger partial charge on any atom is -0.351 e. The fourth-order valence-corrected chi connectivity index (χ4v) is 5.59. The third kappa shape index (κ3) is 4.74. The van der Waals surface area contributed by atoms with Crippen LogP contribution >= 0.6 is 22.7 Å². The Morgan fingerprint density at radius 2 is 1.65 bits per heavy atom. The second kappa shape index (κ2) is 7.53. The predicted molar refractivity (Wildman–Crippen MR) is 108 cm³/mol. The standard InChI is InChI=1S/C20H26N2O2S2/c1-19(2)10-14(22-18(24)16-7-5-9-26-16)11-20(3,12-19)13-21-17(23)15-6-4-8-25-15/h4-9,14H,10-13H2,1-3H3,(H,21,23)(H,22,24)/t14-,20+/m1/s1. The molecule has 6 heteroatoms. The maximum Gasteiger partial charge on any atom is 0.261 e. The van der Waals surface area contributed by atoms with Crippen LogP contribution < -0.4 is 10.6 Å². The number of carbonyl (C=O) groups is 2. The molecule has 0 aliphatic heterocycles. The van der Waals surface area contributed by atoms with E-state index in [1.54, 1.807) is 0 Å². The molecule has 2 aromatic heterocycles. The molecule has 0 unspecified atom stereocenters. The van der Waals surface area contributed by atoms with Crippen molar-refractivity contribution in [2.75, 3.05) is 6.54 Å². The van der Waals surface area contributed by atoms with E-state index in [9.17, 15) is 9.59 Å². The first-order valence-corrected chi connectivity index (χ1v) is 10.7. The van der Waals surface area contributed by atoms with Gasteiger partial charge in [0.1, 0.15) is 0 Å². The average molecular weight is 391 g/mol. The highest BCUT2D eigenvalue weighted by molar-refractivity contribution is 7.12. The normalized spacial score (nSPS) is 24.8. The summed E-state index contributed by atoms with van der Waals surface area (Å²) in [5.74, 6) is -0.00329. The van der Waals surface area contributed by atoms with E-state index in [0.717, 1.165) is 29.0 Å². The van der Waals surface area contributed by atoms with E-state index in [4.69, 9.17) is 0 Å². The molecule has 3 rings (SSSR count). The van der Waals surface area contributed by atoms with Crippen LogP contribution in [0.15, 0.2) is 35.0 Å². The van der Waals surface area contributed by atoms with E-state index >= 15 is 0 Å². The van der Waals surface area contributed by atoms with E-state index in [0.29, 0.717) is 6.54 Å². The van der Waals surface area contributed by atoms with Crippen LogP contribution in [0.4, 0.5) is 0 Å². The second-order valence-corrected chi connectivity index (χ2v) is 10.3. The van der Waals surface area contributed by atoms with Crippen LogP contribution in [0, 0.1) is 10.8 Å². The number of hydrogen-bond acceptors (Lipinski definition) is 4. The van der Waals surface area contributed by atoms with Gasteiger partial charge in [-0.2, -0.15) is 0 Å². The molecule has 1 aliphatic carbocycles. The summed E-state index contributed by atoms with van der Waals surface area (Å²) in [6.45, 7) is 7.33. The molecule has 26 heavy (non-hydrogen) atoms. The van der Waals surface area contributed by atoms with E-state index in [1.807, 2.05) is 35.0 Å². The van der Waals surface area contributed by atoms with Gasteiger partial charge in [0, 0.05) is 12.6 Å². The molecule has 4 nitrogen and oxygen atoms in total. The van der Waals surface area contributed by atoms with Gasteiger partial charge in [-0.3, -0.25) is 9.59 Å². The number of rotatable bonds is 5. The molecule has 0 radical (unpaired) electrons. The molecule has 0 saturated heterocycles.